The van der Waals surface area contributed by atoms with Crippen LogP contribution in [-0.2, 0) is 0 Å². The van der Waals surface area contributed by atoms with Gasteiger partial charge in [0, 0.05) is 0 Å². The zero-order valence-corrected chi connectivity index (χ0v) is 10.3. The lowest BCUT2D eigenvalue weighted by Crippen LogP contribution is -2.27. The van der Waals surface area contributed by atoms with E-state index in [4.69, 9.17) is 16.8 Å². The summed E-state index contributed by atoms with van der Waals surface area (Å²) in [6, 6.07) is 10.8. The second kappa shape index (κ2) is 5.64. The Morgan fingerprint density at radius 3 is 2.70 bits per heavy atom. The number of anilines is 2. The van der Waals surface area contributed by atoms with Gasteiger partial charge in [0.2, 0.25) is 5.95 Å². The third-order valence-electron chi connectivity index (χ3n) is 2.46. The van der Waals surface area contributed by atoms with E-state index in [2.05, 4.69) is 15.5 Å². The third kappa shape index (κ3) is 2.47. The molecular formula is C12H11N7O. The van der Waals surface area contributed by atoms with Crippen LogP contribution in [0.5, 0.6) is 0 Å². The van der Waals surface area contributed by atoms with Crippen LogP contribution in [0.3, 0.4) is 0 Å². The topological polar surface area (TPSA) is 135 Å². The number of nitrogen functional groups attached to an aromatic ring is 2. The molecule has 1 aromatic heterocycles. The molecule has 8 nitrogen and oxygen atoms in total. The highest BCUT2D eigenvalue weighted by molar-refractivity contribution is 5.79. The van der Waals surface area contributed by atoms with E-state index in [1.54, 1.807) is 18.2 Å². The molecule has 1 heterocycles. The summed E-state index contributed by atoms with van der Waals surface area (Å²) in [6.45, 7) is 0. The molecule has 100 valence electrons. The van der Waals surface area contributed by atoms with Gasteiger partial charge in [0.25, 0.3) is 5.56 Å². The maximum atomic E-state index is 12.0. The van der Waals surface area contributed by atoms with Crippen LogP contribution >= 0.6 is 0 Å². The van der Waals surface area contributed by atoms with Gasteiger partial charge >= 0.3 is 0 Å². The smallest absolute Gasteiger partial charge is 0.295 e. The number of nitrogens with two attached hydrogens (primary N) is 2. The molecule has 0 amide bonds. The van der Waals surface area contributed by atoms with Crippen LogP contribution in [0.15, 0.2) is 40.2 Å². The highest BCUT2D eigenvalue weighted by Crippen LogP contribution is 2.08. The van der Waals surface area contributed by atoms with Gasteiger partial charge in [0.05, 0.1) is 6.21 Å². The summed E-state index contributed by atoms with van der Waals surface area (Å²) >= 11 is 0. The molecule has 0 aliphatic heterocycles. The molecule has 0 aliphatic carbocycles. The first-order chi connectivity index (χ1) is 9.67. The van der Waals surface area contributed by atoms with E-state index in [0.29, 0.717) is 0 Å². The van der Waals surface area contributed by atoms with Crippen LogP contribution in [-0.4, -0.2) is 15.9 Å². The summed E-state index contributed by atoms with van der Waals surface area (Å²) < 4.78 is 0.840. The van der Waals surface area contributed by atoms with Crippen LogP contribution in [0.1, 0.15) is 11.1 Å². The molecular weight excluding hydrogens is 258 g/mol. The molecule has 2 rings (SSSR count). The Bertz CT molecular complexity index is 743. The van der Waals surface area contributed by atoms with Gasteiger partial charge in [-0.2, -0.15) is 20.0 Å². The fourth-order valence-electron chi connectivity index (χ4n) is 1.51. The Hall–Kier alpha value is -3.18. The molecule has 8 heteroatoms. The minimum atomic E-state index is -0.694. The normalized spacial score (nSPS) is 10.4. The Kier molecular flexibility index (Phi) is 3.74. The standard InChI is InChI=1S/C12H11N7O/c13-6-9-10(18-15)17-12(14)19(11(9)20)16-7-8-4-2-1-3-5-8/h1-5,7,18H,15H2,(H2,14,17)/b16-7+. The number of hydrogen-bond donors (Lipinski definition) is 3. The molecule has 5 N–H and O–H groups in total. The minimum Gasteiger partial charge on any atom is -0.368 e. The second-order valence-electron chi connectivity index (χ2n) is 3.72. The fraction of sp³-hybridized carbons (Fsp3) is 0. The first-order valence-electron chi connectivity index (χ1n) is 5.56. The number of nitrogens with one attached hydrogen (secondary N) is 1. The Morgan fingerprint density at radius 2 is 2.10 bits per heavy atom. The molecule has 1 aromatic carbocycles. The maximum absolute atomic E-state index is 12.0. The van der Waals surface area contributed by atoms with E-state index in [0.717, 1.165) is 10.2 Å². The molecule has 0 saturated carbocycles. The predicted molar refractivity (Wildman–Crippen MR) is 74.9 cm³/mol. The van der Waals surface area contributed by atoms with Crippen LogP contribution < -0.4 is 22.6 Å². The molecule has 0 aliphatic rings. The van der Waals surface area contributed by atoms with Crippen molar-refractivity contribution in [1.82, 2.24) is 9.66 Å². The van der Waals surface area contributed by atoms with Crippen molar-refractivity contribution in [3.8, 4) is 6.07 Å². The molecule has 0 spiro atoms. The van der Waals surface area contributed by atoms with E-state index in [9.17, 15) is 4.79 Å². The fourth-order valence-corrected chi connectivity index (χ4v) is 1.51. The Labute approximate surface area is 113 Å². The summed E-state index contributed by atoms with van der Waals surface area (Å²) in [6.07, 6.45) is 1.44. The quantitative estimate of drug-likeness (QED) is 0.403. The molecule has 0 fully saturated rings. The van der Waals surface area contributed by atoms with Gasteiger partial charge in [-0.05, 0) is 5.56 Å². The van der Waals surface area contributed by atoms with Crippen molar-refractivity contribution in [3.05, 3.63) is 51.8 Å². The number of hydrogen-bond acceptors (Lipinski definition) is 7. The largest absolute Gasteiger partial charge is 0.368 e. The molecule has 0 saturated heterocycles. The summed E-state index contributed by atoms with van der Waals surface area (Å²) in [7, 11) is 0. The van der Waals surface area contributed by atoms with Gasteiger partial charge in [0.15, 0.2) is 11.4 Å². The van der Waals surface area contributed by atoms with Crippen molar-refractivity contribution in [2.75, 3.05) is 11.2 Å². The van der Waals surface area contributed by atoms with Crippen LogP contribution in [0.4, 0.5) is 11.8 Å². The molecule has 20 heavy (non-hydrogen) atoms. The molecule has 0 unspecified atom stereocenters. The van der Waals surface area contributed by atoms with Crippen molar-refractivity contribution in [2.24, 2.45) is 10.9 Å². The lowest BCUT2D eigenvalue weighted by atomic mass is 10.2. The van der Waals surface area contributed by atoms with E-state index < -0.39 is 5.56 Å². The predicted octanol–water partition coefficient (Wildman–Crippen LogP) is -0.135. The van der Waals surface area contributed by atoms with Crippen LogP contribution in [0.25, 0.3) is 0 Å². The van der Waals surface area contributed by atoms with Crippen molar-refractivity contribution in [1.29, 1.82) is 5.26 Å². The minimum absolute atomic E-state index is 0.0823. The Balaban J connectivity index is 2.51. The molecule has 0 bridgehead atoms. The van der Waals surface area contributed by atoms with E-state index in [1.807, 2.05) is 18.2 Å². The van der Waals surface area contributed by atoms with Crippen molar-refractivity contribution < 1.29 is 0 Å². The Morgan fingerprint density at radius 1 is 1.40 bits per heavy atom. The second-order valence-corrected chi connectivity index (χ2v) is 3.72. The van der Waals surface area contributed by atoms with Gasteiger partial charge < -0.3 is 11.2 Å². The SMILES string of the molecule is N#Cc1c(NN)nc(N)n(/N=C/c2ccccc2)c1=O. The molecule has 0 atom stereocenters. The molecule has 0 radical (unpaired) electrons. The summed E-state index contributed by atoms with van der Waals surface area (Å²) in [5.74, 6) is 4.92. The van der Waals surface area contributed by atoms with E-state index in [-0.39, 0.29) is 17.3 Å². The summed E-state index contributed by atoms with van der Waals surface area (Å²) in [4.78, 5) is 15.8. The number of hydrazine groups is 1. The number of nitriles is 1. The van der Waals surface area contributed by atoms with Crippen LogP contribution in [0.2, 0.25) is 0 Å². The monoisotopic (exact) mass is 269 g/mol. The zero-order valence-electron chi connectivity index (χ0n) is 10.3. The van der Waals surface area contributed by atoms with Crippen LogP contribution in [0, 0.1) is 11.3 Å². The van der Waals surface area contributed by atoms with E-state index >= 15 is 0 Å². The third-order valence-corrected chi connectivity index (χ3v) is 2.46. The number of rotatable bonds is 3. The van der Waals surface area contributed by atoms with Gasteiger partial charge in [-0.25, -0.2) is 5.84 Å². The van der Waals surface area contributed by atoms with Crippen molar-refractivity contribution in [3.63, 3.8) is 0 Å². The average Bonchev–Trinajstić information content (AvgIpc) is 2.47. The maximum Gasteiger partial charge on any atom is 0.295 e. The van der Waals surface area contributed by atoms with E-state index in [1.165, 1.54) is 6.21 Å². The van der Waals surface area contributed by atoms with Gasteiger partial charge in [-0.3, -0.25) is 4.79 Å². The van der Waals surface area contributed by atoms with Crippen molar-refractivity contribution >= 4 is 18.0 Å². The van der Waals surface area contributed by atoms with Gasteiger partial charge in [0.1, 0.15) is 6.07 Å². The van der Waals surface area contributed by atoms with Crippen molar-refractivity contribution in [2.45, 2.75) is 0 Å². The summed E-state index contributed by atoms with van der Waals surface area (Å²) in [5, 5.41) is 12.9. The lowest BCUT2D eigenvalue weighted by Gasteiger charge is -2.06. The van der Waals surface area contributed by atoms with Gasteiger partial charge in [-0.15, -0.1) is 0 Å². The zero-order chi connectivity index (χ0) is 14.5. The highest BCUT2D eigenvalue weighted by atomic mass is 16.1. The number of aromatic nitrogens is 2. The average molecular weight is 269 g/mol. The first kappa shape index (κ1) is 13.3. The number of benzene rings is 1. The lowest BCUT2D eigenvalue weighted by molar-refractivity contribution is 0.814. The highest BCUT2D eigenvalue weighted by Gasteiger charge is 2.13. The first-order valence-corrected chi connectivity index (χ1v) is 5.56. The summed E-state index contributed by atoms with van der Waals surface area (Å²) in [5.41, 5.74) is 7.59. The van der Waals surface area contributed by atoms with Gasteiger partial charge in [-0.1, -0.05) is 30.3 Å². The number of nitrogens with zero attached hydrogens (tertiary/aromatic N) is 4. The molecule has 2 aromatic rings.